The number of carbonyl (C=O) groups excluding carboxylic acids is 2. The number of rotatable bonds is 2. The van der Waals surface area contributed by atoms with E-state index < -0.39 is 17.4 Å². The summed E-state index contributed by atoms with van der Waals surface area (Å²) >= 11 is 7.19. The van der Waals surface area contributed by atoms with Gasteiger partial charge in [0.1, 0.15) is 5.75 Å². The van der Waals surface area contributed by atoms with Gasteiger partial charge in [0, 0.05) is 16.1 Å². The van der Waals surface area contributed by atoms with Crippen molar-refractivity contribution in [1.82, 2.24) is 4.98 Å². The summed E-state index contributed by atoms with van der Waals surface area (Å²) in [6, 6.07) is 4.80. The predicted molar refractivity (Wildman–Crippen MR) is 84.6 cm³/mol. The quantitative estimate of drug-likeness (QED) is 0.826. The van der Waals surface area contributed by atoms with Crippen LogP contribution in [0.25, 0.3) is 0 Å². The second-order valence-electron chi connectivity index (χ2n) is 4.96. The topological polar surface area (TPSA) is 80.3 Å². The Bertz CT molecular complexity index is 776. The summed E-state index contributed by atoms with van der Waals surface area (Å²) in [6.45, 7) is 3.29. The molecule has 2 N–H and O–H groups in total. The number of aryl methyl sites for hydroxylation is 1. The highest BCUT2D eigenvalue weighted by molar-refractivity contribution is 7.15. The second kappa shape index (κ2) is 5.26. The largest absolute Gasteiger partial charge is 0.466 e. The Balaban J connectivity index is 1.87. The first-order valence-electron chi connectivity index (χ1n) is 6.42. The highest BCUT2D eigenvalue weighted by Crippen LogP contribution is 2.36. The van der Waals surface area contributed by atoms with Crippen molar-refractivity contribution in [2.45, 2.75) is 19.4 Å². The van der Waals surface area contributed by atoms with Crippen LogP contribution in [0.1, 0.15) is 11.8 Å². The van der Waals surface area contributed by atoms with Gasteiger partial charge in [-0.2, -0.15) is 0 Å². The average molecular weight is 338 g/mol. The van der Waals surface area contributed by atoms with Crippen LogP contribution in [0.4, 0.5) is 10.8 Å². The van der Waals surface area contributed by atoms with Gasteiger partial charge in [-0.3, -0.25) is 14.9 Å². The number of hydrogen-bond acceptors (Lipinski definition) is 5. The number of thiazole rings is 1. The molecule has 0 spiro atoms. The van der Waals surface area contributed by atoms with Crippen molar-refractivity contribution in [1.29, 1.82) is 0 Å². The summed E-state index contributed by atoms with van der Waals surface area (Å²) in [5.41, 5.74) is -1.24. The van der Waals surface area contributed by atoms with Crippen LogP contribution in [0.5, 0.6) is 5.75 Å². The molecule has 22 heavy (non-hydrogen) atoms. The molecule has 1 aliphatic heterocycles. The number of carbonyl (C=O) groups is 2. The van der Waals surface area contributed by atoms with Crippen LogP contribution in [-0.2, 0) is 9.59 Å². The molecule has 0 bridgehead atoms. The Hall–Kier alpha value is -2.12. The lowest BCUT2D eigenvalue weighted by Crippen LogP contribution is -2.56. The van der Waals surface area contributed by atoms with E-state index in [4.69, 9.17) is 16.3 Å². The van der Waals surface area contributed by atoms with E-state index in [0.717, 1.165) is 4.88 Å². The van der Waals surface area contributed by atoms with E-state index in [9.17, 15) is 9.59 Å². The Morgan fingerprint density at radius 1 is 1.50 bits per heavy atom. The van der Waals surface area contributed by atoms with Gasteiger partial charge in [0.05, 0.1) is 5.69 Å². The molecule has 1 aromatic carbocycles. The van der Waals surface area contributed by atoms with E-state index in [2.05, 4.69) is 15.6 Å². The fourth-order valence-electron chi connectivity index (χ4n) is 1.98. The molecule has 0 saturated carbocycles. The molecule has 1 aromatic heterocycles. The molecule has 2 aromatic rings. The second-order valence-corrected chi connectivity index (χ2v) is 6.63. The zero-order valence-electron chi connectivity index (χ0n) is 11.8. The Morgan fingerprint density at radius 2 is 2.27 bits per heavy atom. The van der Waals surface area contributed by atoms with E-state index >= 15 is 0 Å². The SMILES string of the molecule is Cc1cnc(NC(=O)[C@]2(C)Oc3ccc(Cl)cc3NC2=O)s1. The molecule has 3 rings (SSSR count). The molecule has 0 radical (unpaired) electrons. The first kappa shape index (κ1) is 14.8. The molecule has 0 unspecified atom stereocenters. The van der Waals surface area contributed by atoms with E-state index in [1.54, 1.807) is 24.4 Å². The van der Waals surface area contributed by atoms with Crippen LogP contribution in [0.2, 0.25) is 5.02 Å². The van der Waals surface area contributed by atoms with Gasteiger partial charge in [0.15, 0.2) is 5.13 Å². The third-order valence-electron chi connectivity index (χ3n) is 3.21. The molecule has 2 amide bonds. The number of ether oxygens (including phenoxy) is 1. The number of amides is 2. The maximum atomic E-state index is 12.4. The van der Waals surface area contributed by atoms with Crippen molar-refractivity contribution in [3.05, 3.63) is 34.3 Å². The molecule has 0 fully saturated rings. The number of anilines is 2. The number of nitrogens with one attached hydrogen (secondary N) is 2. The van der Waals surface area contributed by atoms with Gasteiger partial charge in [-0.15, -0.1) is 11.3 Å². The van der Waals surface area contributed by atoms with Gasteiger partial charge in [-0.05, 0) is 32.0 Å². The zero-order chi connectivity index (χ0) is 15.9. The van der Waals surface area contributed by atoms with Crippen LogP contribution in [-0.4, -0.2) is 22.4 Å². The number of hydrogen-bond donors (Lipinski definition) is 2. The lowest BCUT2D eigenvalue weighted by Gasteiger charge is -2.33. The minimum Gasteiger partial charge on any atom is -0.466 e. The molecule has 114 valence electrons. The number of aromatic nitrogens is 1. The predicted octanol–water partition coefficient (Wildman–Crippen LogP) is 2.83. The minimum absolute atomic E-state index is 0.386. The van der Waals surface area contributed by atoms with Gasteiger partial charge in [0.2, 0.25) is 0 Å². The van der Waals surface area contributed by atoms with E-state index in [-0.39, 0.29) is 0 Å². The van der Waals surface area contributed by atoms with E-state index in [1.165, 1.54) is 18.3 Å². The third kappa shape index (κ3) is 2.53. The standard InChI is InChI=1S/C14H12ClN3O3S/c1-7-6-16-13(22-7)18-12(20)14(2)11(19)17-9-5-8(15)3-4-10(9)21-14/h3-6H,1-2H3,(H,17,19)(H,16,18,20)/t14-/m1/s1. The molecule has 6 nitrogen and oxygen atoms in total. The highest BCUT2D eigenvalue weighted by atomic mass is 35.5. The minimum atomic E-state index is -1.68. The fourth-order valence-corrected chi connectivity index (χ4v) is 2.81. The normalized spacial score (nSPS) is 19.9. The van der Waals surface area contributed by atoms with Crippen molar-refractivity contribution in [3.63, 3.8) is 0 Å². The molecule has 1 atom stereocenters. The fraction of sp³-hybridized carbons (Fsp3) is 0.214. The van der Waals surface area contributed by atoms with Gasteiger partial charge in [0.25, 0.3) is 17.4 Å². The molecular formula is C14H12ClN3O3S. The highest BCUT2D eigenvalue weighted by Gasteiger charge is 2.47. The summed E-state index contributed by atoms with van der Waals surface area (Å²) in [5, 5.41) is 6.12. The first-order valence-corrected chi connectivity index (χ1v) is 7.62. The third-order valence-corrected chi connectivity index (χ3v) is 4.28. The lowest BCUT2D eigenvalue weighted by atomic mass is 10.0. The Kier molecular flexibility index (Phi) is 3.54. The number of halogens is 1. The maximum absolute atomic E-state index is 12.4. The zero-order valence-corrected chi connectivity index (χ0v) is 13.3. The summed E-state index contributed by atoms with van der Waals surface area (Å²) in [7, 11) is 0. The van der Waals surface area contributed by atoms with Gasteiger partial charge >= 0.3 is 0 Å². The molecule has 8 heteroatoms. The summed E-state index contributed by atoms with van der Waals surface area (Å²) in [4.78, 5) is 29.7. The van der Waals surface area contributed by atoms with Crippen LogP contribution in [0.15, 0.2) is 24.4 Å². The van der Waals surface area contributed by atoms with Crippen molar-refractivity contribution < 1.29 is 14.3 Å². The van der Waals surface area contributed by atoms with Crippen LogP contribution in [0, 0.1) is 6.92 Å². The average Bonchev–Trinajstić information content (AvgIpc) is 2.86. The van der Waals surface area contributed by atoms with Gasteiger partial charge in [-0.25, -0.2) is 4.98 Å². The summed E-state index contributed by atoms with van der Waals surface area (Å²) < 4.78 is 5.62. The smallest absolute Gasteiger partial charge is 0.280 e. The van der Waals surface area contributed by atoms with Crippen molar-refractivity contribution >= 4 is 45.6 Å². The number of fused-ring (bicyclic) bond motifs is 1. The van der Waals surface area contributed by atoms with Crippen molar-refractivity contribution in [2.24, 2.45) is 0 Å². The van der Waals surface area contributed by atoms with E-state index in [1.807, 2.05) is 6.92 Å². The van der Waals surface area contributed by atoms with E-state index in [0.29, 0.717) is 21.6 Å². The number of benzene rings is 1. The summed E-state index contributed by atoms with van der Waals surface area (Å²) in [5.74, 6) is -0.759. The first-order chi connectivity index (χ1) is 10.4. The van der Waals surface area contributed by atoms with Crippen LogP contribution < -0.4 is 15.4 Å². The maximum Gasteiger partial charge on any atom is 0.280 e. The van der Waals surface area contributed by atoms with Crippen molar-refractivity contribution in [3.8, 4) is 5.75 Å². The summed E-state index contributed by atoms with van der Waals surface area (Å²) in [6.07, 6.45) is 1.64. The van der Waals surface area contributed by atoms with Gasteiger partial charge in [-0.1, -0.05) is 11.6 Å². The lowest BCUT2D eigenvalue weighted by molar-refractivity contribution is -0.143. The number of nitrogens with zero attached hydrogens (tertiary/aromatic N) is 1. The Morgan fingerprint density at radius 3 is 2.95 bits per heavy atom. The van der Waals surface area contributed by atoms with Crippen molar-refractivity contribution in [2.75, 3.05) is 10.6 Å². The molecular weight excluding hydrogens is 326 g/mol. The monoisotopic (exact) mass is 337 g/mol. The molecule has 0 aliphatic carbocycles. The molecule has 0 saturated heterocycles. The van der Waals surface area contributed by atoms with Crippen LogP contribution >= 0.6 is 22.9 Å². The van der Waals surface area contributed by atoms with Gasteiger partial charge < -0.3 is 10.1 Å². The molecule has 1 aliphatic rings. The Labute approximate surface area is 135 Å². The molecule has 2 heterocycles. The van der Waals surface area contributed by atoms with Crippen LogP contribution in [0.3, 0.4) is 0 Å².